The Morgan fingerprint density at radius 1 is 1.08 bits per heavy atom. The van der Waals surface area contributed by atoms with Gasteiger partial charge in [0.15, 0.2) is 5.96 Å². The van der Waals surface area contributed by atoms with E-state index in [4.69, 9.17) is 0 Å². The second-order valence-corrected chi connectivity index (χ2v) is 7.83. The number of guanidine groups is 1. The van der Waals surface area contributed by atoms with Gasteiger partial charge in [-0.05, 0) is 25.2 Å². The zero-order chi connectivity index (χ0) is 17.4. The Balaban J connectivity index is 0.00000312. The Hall–Kier alpha value is -0.530. The van der Waals surface area contributed by atoms with E-state index in [1.165, 1.54) is 38.5 Å². The molecule has 5 nitrogen and oxygen atoms in total. The molecule has 2 rings (SSSR count). The molecule has 0 unspecified atom stereocenters. The van der Waals surface area contributed by atoms with Crippen LogP contribution in [0.4, 0.5) is 0 Å². The third-order valence-electron chi connectivity index (χ3n) is 5.81. The highest BCUT2D eigenvalue weighted by Crippen LogP contribution is 2.38. The number of nitrogens with one attached hydrogen (secondary N) is 2. The van der Waals surface area contributed by atoms with E-state index in [2.05, 4.69) is 15.6 Å². The van der Waals surface area contributed by atoms with Crippen LogP contribution in [-0.2, 0) is 4.79 Å². The lowest BCUT2D eigenvalue weighted by Gasteiger charge is -2.31. The van der Waals surface area contributed by atoms with Gasteiger partial charge in [-0.15, -0.1) is 24.0 Å². The van der Waals surface area contributed by atoms with Crippen LogP contribution in [0.2, 0.25) is 0 Å². The molecule has 1 amide bonds. The lowest BCUT2D eigenvalue weighted by molar-refractivity contribution is -0.138. The normalized spacial score (nSPS) is 20.7. The highest BCUT2D eigenvalue weighted by atomic mass is 127. The van der Waals surface area contributed by atoms with Gasteiger partial charge in [0.25, 0.3) is 0 Å². The summed E-state index contributed by atoms with van der Waals surface area (Å²) < 4.78 is 0. The van der Waals surface area contributed by atoms with Gasteiger partial charge in [-0.2, -0.15) is 0 Å². The molecule has 0 radical (unpaired) electrons. The molecule has 0 bridgehead atoms. The fraction of sp³-hybridized carbons (Fsp3) is 0.895. The van der Waals surface area contributed by atoms with E-state index in [1.807, 2.05) is 21.1 Å². The van der Waals surface area contributed by atoms with E-state index in [9.17, 15) is 4.79 Å². The lowest BCUT2D eigenvalue weighted by Crippen LogP contribution is -2.49. The second kappa shape index (κ2) is 11.2. The first kappa shape index (κ1) is 22.5. The first-order chi connectivity index (χ1) is 11.6. The Morgan fingerprint density at radius 3 is 2.28 bits per heavy atom. The van der Waals surface area contributed by atoms with Crippen LogP contribution < -0.4 is 10.6 Å². The van der Waals surface area contributed by atoms with Gasteiger partial charge < -0.3 is 15.5 Å². The average Bonchev–Trinajstić information content (AvgIpc) is 3.08. The van der Waals surface area contributed by atoms with Crippen LogP contribution in [0.5, 0.6) is 0 Å². The van der Waals surface area contributed by atoms with E-state index < -0.39 is 0 Å². The van der Waals surface area contributed by atoms with Crippen molar-refractivity contribution in [3.8, 4) is 0 Å². The Morgan fingerprint density at radius 2 is 1.72 bits per heavy atom. The van der Waals surface area contributed by atoms with Crippen molar-refractivity contribution in [2.45, 2.75) is 64.2 Å². The van der Waals surface area contributed by atoms with Crippen molar-refractivity contribution in [3.63, 3.8) is 0 Å². The number of hydrogen-bond donors (Lipinski definition) is 2. The summed E-state index contributed by atoms with van der Waals surface area (Å²) in [7, 11) is 5.53. The standard InChI is InChI=1S/C19H36N4O.HI/c1-20-18(21-14-11-16-9-5-4-6-10-16)22-15-19(12-7-8-13-19)17(24)23(2)3;/h16H,4-15H2,1-3H3,(H2,20,21,22);1H. The fourth-order valence-corrected chi connectivity index (χ4v) is 4.34. The number of carbonyl (C=O) groups is 1. The molecule has 0 heterocycles. The van der Waals surface area contributed by atoms with Crippen LogP contribution in [0.1, 0.15) is 64.2 Å². The van der Waals surface area contributed by atoms with Crippen molar-refractivity contribution < 1.29 is 4.79 Å². The molecule has 0 saturated heterocycles. The van der Waals surface area contributed by atoms with E-state index >= 15 is 0 Å². The summed E-state index contributed by atoms with van der Waals surface area (Å²) in [6.45, 7) is 1.66. The third kappa shape index (κ3) is 6.61. The minimum atomic E-state index is -0.246. The van der Waals surface area contributed by atoms with Gasteiger partial charge in [-0.1, -0.05) is 44.9 Å². The summed E-state index contributed by atoms with van der Waals surface area (Å²) in [5, 5.41) is 6.86. The maximum Gasteiger partial charge on any atom is 0.230 e. The molecule has 0 atom stereocenters. The quantitative estimate of drug-likeness (QED) is 0.360. The molecule has 0 spiro atoms. The second-order valence-electron chi connectivity index (χ2n) is 7.83. The number of nitrogens with zero attached hydrogens (tertiary/aromatic N) is 2. The highest BCUT2D eigenvalue weighted by Gasteiger charge is 2.42. The van der Waals surface area contributed by atoms with Crippen molar-refractivity contribution in [1.29, 1.82) is 0 Å². The summed E-state index contributed by atoms with van der Waals surface area (Å²) in [6, 6.07) is 0. The Kier molecular flexibility index (Phi) is 10.1. The first-order valence-corrected chi connectivity index (χ1v) is 9.74. The van der Waals surface area contributed by atoms with Crippen molar-refractivity contribution in [1.82, 2.24) is 15.5 Å². The molecule has 0 aliphatic heterocycles. The first-order valence-electron chi connectivity index (χ1n) is 9.74. The molecule has 146 valence electrons. The monoisotopic (exact) mass is 464 g/mol. The van der Waals surface area contributed by atoms with Crippen LogP contribution >= 0.6 is 24.0 Å². The molecular weight excluding hydrogens is 427 g/mol. The molecule has 2 aliphatic carbocycles. The highest BCUT2D eigenvalue weighted by molar-refractivity contribution is 14.0. The van der Waals surface area contributed by atoms with Gasteiger partial charge in [0, 0.05) is 34.2 Å². The molecule has 0 aromatic rings. The summed E-state index contributed by atoms with van der Waals surface area (Å²) in [5.41, 5.74) is -0.246. The predicted octanol–water partition coefficient (Wildman–Crippen LogP) is 3.39. The average molecular weight is 464 g/mol. The molecule has 2 fully saturated rings. The SMILES string of the molecule is CN=C(NCCC1CCCCC1)NCC1(C(=O)N(C)C)CCCC1.I. The molecule has 2 aliphatic rings. The molecule has 0 aromatic heterocycles. The zero-order valence-electron chi connectivity index (χ0n) is 16.3. The fourth-order valence-electron chi connectivity index (χ4n) is 4.34. The molecule has 2 saturated carbocycles. The summed E-state index contributed by atoms with van der Waals surface area (Å²) in [4.78, 5) is 18.7. The largest absolute Gasteiger partial charge is 0.356 e. The smallest absolute Gasteiger partial charge is 0.230 e. The van der Waals surface area contributed by atoms with Crippen molar-refractivity contribution in [2.24, 2.45) is 16.3 Å². The molecule has 0 aromatic carbocycles. The molecule has 6 heteroatoms. The summed E-state index contributed by atoms with van der Waals surface area (Å²) in [6.07, 6.45) is 12.5. The number of rotatable bonds is 6. The zero-order valence-corrected chi connectivity index (χ0v) is 18.6. The van der Waals surface area contributed by atoms with Crippen molar-refractivity contribution in [2.75, 3.05) is 34.2 Å². The maximum absolute atomic E-state index is 12.6. The minimum Gasteiger partial charge on any atom is -0.356 e. The maximum atomic E-state index is 12.6. The van der Waals surface area contributed by atoms with Crippen LogP contribution in [0.3, 0.4) is 0 Å². The van der Waals surface area contributed by atoms with Crippen molar-refractivity contribution >= 4 is 35.8 Å². The molecular formula is C19H37IN4O. The predicted molar refractivity (Wildman–Crippen MR) is 116 cm³/mol. The van der Waals surface area contributed by atoms with E-state index in [-0.39, 0.29) is 35.3 Å². The molecule has 25 heavy (non-hydrogen) atoms. The number of carbonyl (C=O) groups excluding carboxylic acids is 1. The number of amides is 1. The van der Waals surface area contributed by atoms with Crippen LogP contribution in [0, 0.1) is 11.3 Å². The van der Waals surface area contributed by atoms with Gasteiger partial charge >= 0.3 is 0 Å². The number of halogens is 1. The minimum absolute atomic E-state index is 0. The van der Waals surface area contributed by atoms with Gasteiger partial charge in [-0.25, -0.2) is 0 Å². The van der Waals surface area contributed by atoms with Gasteiger partial charge in [0.1, 0.15) is 0 Å². The van der Waals surface area contributed by atoms with Gasteiger partial charge in [0.2, 0.25) is 5.91 Å². The van der Waals surface area contributed by atoms with Gasteiger partial charge in [0.05, 0.1) is 5.41 Å². The van der Waals surface area contributed by atoms with Crippen LogP contribution in [-0.4, -0.2) is 51.0 Å². The van der Waals surface area contributed by atoms with E-state index in [0.717, 1.165) is 44.1 Å². The summed E-state index contributed by atoms with van der Waals surface area (Å²) in [5.74, 6) is 1.97. The van der Waals surface area contributed by atoms with Crippen LogP contribution in [0.15, 0.2) is 4.99 Å². The van der Waals surface area contributed by atoms with Gasteiger partial charge in [-0.3, -0.25) is 9.79 Å². The topological polar surface area (TPSA) is 56.7 Å². The van der Waals surface area contributed by atoms with Crippen molar-refractivity contribution in [3.05, 3.63) is 0 Å². The van der Waals surface area contributed by atoms with E-state index in [1.54, 1.807) is 4.90 Å². The molecule has 2 N–H and O–H groups in total. The number of hydrogen-bond acceptors (Lipinski definition) is 2. The van der Waals surface area contributed by atoms with Crippen LogP contribution in [0.25, 0.3) is 0 Å². The number of aliphatic imine (C=N–C) groups is 1. The Bertz CT molecular complexity index is 427. The van der Waals surface area contributed by atoms with E-state index in [0.29, 0.717) is 6.54 Å². The lowest BCUT2D eigenvalue weighted by atomic mass is 9.84. The third-order valence-corrected chi connectivity index (χ3v) is 5.81. The summed E-state index contributed by atoms with van der Waals surface area (Å²) >= 11 is 0. The Labute approximate surface area is 170 Å².